The van der Waals surface area contributed by atoms with Gasteiger partial charge in [-0.3, -0.25) is 20.2 Å². The van der Waals surface area contributed by atoms with E-state index >= 15 is 0 Å². The molecule has 1 aliphatic rings. The van der Waals surface area contributed by atoms with Gasteiger partial charge in [-0.2, -0.15) is 0 Å². The van der Waals surface area contributed by atoms with Gasteiger partial charge in [-0.05, 0) is 36.6 Å². The largest absolute Gasteiger partial charge is 0.497 e. The van der Waals surface area contributed by atoms with Gasteiger partial charge < -0.3 is 14.8 Å². The minimum Gasteiger partial charge on any atom is -0.497 e. The predicted molar refractivity (Wildman–Crippen MR) is 110 cm³/mol. The van der Waals surface area contributed by atoms with Gasteiger partial charge in [0.2, 0.25) is 0 Å². The smallest absolute Gasteiger partial charge is 0.321 e. The highest BCUT2D eigenvalue weighted by Crippen LogP contribution is 2.34. The summed E-state index contributed by atoms with van der Waals surface area (Å²) in [5, 5.41) is 16.2. The van der Waals surface area contributed by atoms with Crippen molar-refractivity contribution in [1.82, 2.24) is 10.6 Å². The van der Waals surface area contributed by atoms with E-state index in [0.29, 0.717) is 16.9 Å². The Hall–Kier alpha value is -3.62. The molecule has 0 atom stereocenters. The number of carbonyl (C=O) groups excluding carboxylic acids is 2. The number of hydrogen-bond acceptors (Lipinski definition) is 6. The normalized spacial score (nSPS) is 13.5. The first kappa shape index (κ1) is 21.1. The molecule has 0 aromatic heterocycles. The van der Waals surface area contributed by atoms with Crippen LogP contribution in [0.2, 0.25) is 0 Å². The third-order valence-electron chi connectivity index (χ3n) is 4.88. The van der Waals surface area contributed by atoms with Crippen LogP contribution in [-0.4, -0.2) is 36.6 Å². The van der Waals surface area contributed by atoms with Crippen molar-refractivity contribution in [3.05, 3.63) is 52.6 Å². The van der Waals surface area contributed by atoms with Crippen molar-refractivity contribution < 1.29 is 24.0 Å². The van der Waals surface area contributed by atoms with Crippen LogP contribution in [0.25, 0.3) is 11.1 Å². The molecule has 3 amide bonds. The topological polar surface area (TPSA) is 120 Å². The van der Waals surface area contributed by atoms with Gasteiger partial charge in [-0.15, -0.1) is 0 Å². The number of carbonyl (C=O) groups is 2. The van der Waals surface area contributed by atoms with Crippen LogP contribution in [0.3, 0.4) is 0 Å². The lowest BCUT2D eigenvalue weighted by Gasteiger charge is -2.14. The number of methoxy groups -OCH3 is 1. The highest BCUT2D eigenvalue weighted by atomic mass is 16.6. The summed E-state index contributed by atoms with van der Waals surface area (Å²) in [4.78, 5) is 34.6. The summed E-state index contributed by atoms with van der Waals surface area (Å²) in [5.74, 6) is 0.320. The molecule has 0 unspecified atom stereocenters. The minimum absolute atomic E-state index is 0.0927. The average molecular weight is 413 g/mol. The van der Waals surface area contributed by atoms with E-state index in [9.17, 15) is 19.7 Å². The van der Waals surface area contributed by atoms with Crippen LogP contribution in [-0.2, 0) is 4.79 Å². The zero-order chi connectivity index (χ0) is 21.5. The van der Waals surface area contributed by atoms with Crippen LogP contribution in [0, 0.1) is 10.1 Å². The number of nitrogens with one attached hydrogen (secondary N) is 2. The Morgan fingerprint density at radius 2 is 1.83 bits per heavy atom. The van der Waals surface area contributed by atoms with Crippen molar-refractivity contribution in [2.75, 3.05) is 13.7 Å². The third kappa shape index (κ3) is 5.47. The summed E-state index contributed by atoms with van der Waals surface area (Å²) in [6.45, 7) is -0.404. The molecule has 30 heavy (non-hydrogen) atoms. The van der Waals surface area contributed by atoms with Crippen LogP contribution in [0.5, 0.6) is 11.5 Å². The molecular formula is C21H23N3O6. The molecule has 2 aromatic carbocycles. The second-order valence-corrected chi connectivity index (χ2v) is 6.96. The molecule has 0 spiro atoms. The van der Waals surface area contributed by atoms with E-state index in [1.807, 2.05) is 0 Å². The van der Waals surface area contributed by atoms with E-state index in [2.05, 4.69) is 10.6 Å². The van der Waals surface area contributed by atoms with E-state index in [-0.39, 0.29) is 17.5 Å². The van der Waals surface area contributed by atoms with Gasteiger partial charge in [0.25, 0.3) is 11.6 Å². The molecule has 1 fully saturated rings. The maximum absolute atomic E-state index is 12.1. The number of non-ortho nitro benzene ring substituents is 1. The Labute approximate surface area is 173 Å². The van der Waals surface area contributed by atoms with Crippen LogP contribution < -0.4 is 20.1 Å². The molecule has 1 aliphatic carbocycles. The quantitative estimate of drug-likeness (QED) is 0.530. The average Bonchev–Trinajstić information content (AvgIpc) is 3.25. The molecule has 0 aliphatic heterocycles. The molecule has 9 nitrogen and oxygen atoms in total. The highest BCUT2D eigenvalue weighted by molar-refractivity contribution is 5.95. The highest BCUT2D eigenvalue weighted by Gasteiger charge is 2.19. The number of nitro groups is 1. The summed E-state index contributed by atoms with van der Waals surface area (Å²) in [5.41, 5.74) is 1.01. The standard InChI is InChI=1S/C21H23N3O6/c1-29-17-9-6-14(7-10-17)18-12-16(24(27)28)8-11-19(18)30-13-20(25)23-21(26)22-15-4-2-3-5-15/h6-12,15H,2-5,13H2,1H3,(H2,22,23,25,26). The fraction of sp³-hybridized carbons (Fsp3) is 0.333. The maximum Gasteiger partial charge on any atom is 0.321 e. The second-order valence-electron chi connectivity index (χ2n) is 6.96. The Balaban J connectivity index is 1.68. The summed E-state index contributed by atoms with van der Waals surface area (Å²) < 4.78 is 10.7. The number of imide groups is 1. The van der Waals surface area contributed by atoms with Crippen LogP contribution in [0.15, 0.2) is 42.5 Å². The van der Waals surface area contributed by atoms with Gasteiger partial charge in [0.1, 0.15) is 11.5 Å². The zero-order valence-corrected chi connectivity index (χ0v) is 16.6. The molecule has 0 bridgehead atoms. The first-order chi connectivity index (χ1) is 14.5. The number of hydrogen-bond donors (Lipinski definition) is 2. The van der Waals surface area contributed by atoms with Crippen molar-refractivity contribution in [2.24, 2.45) is 0 Å². The van der Waals surface area contributed by atoms with E-state index in [1.54, 1.807) is 31.4 Å². The van der Waals surface area contributed by atoms with Crippen molar-refractivity contribution in [1.29, 1.82) is 0 Å². The number of urea groups is 1. The van der Waals surface area contributed by atoms with Crippen LogP contribution in [0.4, 0.5) is 10.5 Å². The van der Waals surface area contributed by atoms with Crippen molar-refractivity contribution in [3.8, 4) is 22.6 Å². The Morgan fingerprint density at radius 3 is 2.47 bits per heavy atom. The minimum atomic E-state index is -0.607. The van der Waals surface area contributed by atoms with Gasteiger partial charge in [-0.25, -0.2) is 4.79 Å². The number of benzene rings is 2. The number of nitrogens with zero attached hydrogens (tertiary/aromatic N) is 1. The summed E-state index contributed by atoms with van der Waals surface area (Å²) in [7, 11) is 1.54. The van der Waals surface area contributed by atoms with E-state index in [0.717, 1.165) is 25.7 Å². The van der Waals surface area contributed by atoms with Crippen molar-refractivity contribution in [2.45, 2.75) is 31.7 Å². The Morgan fingerprint density at radius 1 is 1.13 bits per heavy atom. The van der Waals surface area contributed by atoms with Gasteiger partial charge in [0.15, 0.2) is 6.61 Å². The van der Waals surface area contributed by atoms with Gasteiger partial charge in [0, 0.05) is 23.7 Å². The molecule has 0 radical (unpaired) electrons. The Bertz CT molecular complexity index is 923. The van der Waals surface area contributed by atoms with E-state index in [1.165, 1.54) is 18.2 Å². The third-order valence-corrected chi connectivity index (χ3v) is 4.88. The molecule has 0 heterocycles. The lowest BCUT2D eigenvalue weighted by molar-refractivity contribution is -0.384. The Kier molecular flexibility index (Phi) is 6.84. The molecule has 2 N–H and O–H groups in total. The molecule has 0 saturated heterocycles. The summed E-state index contributed by atoms with van der Waals surface area (Å²) in [6.07, 6.45) is 3.95. The lowest BCUT2D eigenvalue weighted by Crippen LogP contribution is -2.45. The van der Waals surface area contributed by atoms with Crippen LogP contribution >= 0.6 is 0 Å². The van der Waals surface area contributed by atoms with Gasteiger partial charge in [-0.1, -0.05) is 25.0 Å². The molecule has 2 aromatic rings. The van der Waals surface area contributed by atoms with Gasteiger partial charge >= 0.3 is 6.03 Å². The first-order valence-corrected chi connectivity index (χ1v) is 9.62. The number of ether oxygens (including phenoxy) is 2. The lowest BCUT2D eigenvalue weighted by atomic mass is 10.0. The fourth-order valence-corrected chi connectivity index (χ4v) is 3.35. The van der Waals surface area contributed by atoms with Crippen molar-refractivity contribution in [3.63, 3.8) is 0 Å². The summed E-state index contributed by atoms with van der Waals surface area (Å²) >= 11 is 0. The summed E-state index contributed by atoms with van der Waals surface area (Å²) in [6, 6.07) is 10.6. The molecule has 158 valence electrons. The predicted octanol–water partition coefficient (Wildman–Crippen LogP) is 3.42. The maximum atomic E-state index is 12.1. The molecule has 3 rings (SSSR count). The molecule has 1 saturated carbocycles. The number of rotatable bonds is 7. The second kappa shape index (κ2) is 9.73. The van der Waals surface area contributed by atoms with Crippen molar-refractivity contribution >= 4 is 17.6 Å². The van der Waals surface area contributed by atoms with E-state index < -0.39 is 23.5 Å². The van der Waals surface area contributed by atoms with E-state index in [4.69, 9.17) is 9.47 Å². The van der Waals surface area contributed by atoms with Crippen LogP contribution in [0.1, 0.15) is 25.7 Å². The monoisotopic (exact) mass is 413 g/mol. The molecule has 9 heteroatoms. The number of nitro benzene ring substituents is 1. The number of amides is 3. The SMILES string of the molecule is COc1ccc(-c2cc([N+](=O)[O-])ccc2OCC(=O)NC(=O)NC2CCCC2)cc1. The molecular weight excluding hydrogens is 390 g/mol. The van der Waals surface area contributed by atoms with Gasteiger partial charge in [0.05, 0.1) is 12.0 Å². The fourth-order valence-electron chi connectivity index (χ4n) is 3.35. The first-order valence-electron chi connectivity index (χ1n) is 9.62. The zero-order valence-electron chi connectivity index (χ0n) is 16.6.